The topological polar surface area (TPSA) is 104 Å². The number of nitrogens with zero attached hydrogens (tertiary/aromatic N) is 1. The summed E-state index contributed by atoms with van der Waals surface area (Å²) in [5, 5.41) is 18.0. The van der Waals surface area contributed by atoms with Gasteiger partial charge in [0.05, 0.1) is 0 Å². The number of carbonyl (C=O) groups is 3. The minimum Gasteiger partial charge on any atom is -0.481 e. The Hall–Kier alpha value is -1.79. The van der Waals surface area contributed by atoms with Gasteiger partial charge in [0.25, 0.3) is 0 Å². The van der Waals surface area contributed by atoms with E-state index in [1.807, 2.05) is 0 Å². The second kappa shape index (κ2) is 6.11. The number of piperidine rings is 1. The zero-order chi connectivity index (χ0) is 15.5. The van der Waals surface area contributed by atoms with Crippen molar-refractivity contribution in [2.45, 2.75) is 51.7 Å². The molecule has 0 saturated carbocycles. The van der Waals surface area contributed by atoms with Gasteiger partial charge in [-0.2, -0.15) is 0 Å². The highest BCUT2D eigenvalue weighted by Gasteiger charge is 2.38. The number of rotatable bonds is 3. The summed E-state index contributed by atoms with van der Waals surface area (Å²) < 4.78 is 5.18. The van der Waals surface area contributed by atoms with Crippen molar-refractivity contribution in [3.8, 4) is 0 Å². The van der Waals surface area contributed by atoms with Crippen LogP contribution in [0.3, 0.4) is 0 Å². The first-order valence-electron chi connectivity index (χ1n) is 6.54. The van der Waals surface area contributed by atoms with Gasteiger partial charge in [0, 0.05) is 13.0 Å². The second-order valence-corrected chi connectivity index (χ2v) is 6.02. The SMILES string of the molecule is CC(C)(C)OC(=O)N1CC[C@H](CC(=O)O)C[C@H]1C(=O)O. The summed E-state index contributed by atoms with van der Waals surface area (Å²) in [6.45, 7) is 5.32. The molecule has 20 heavy (non-hydrogen) atoms. The predicted molar refractivity (Wildman–Crippen MR) is 69.3 cm³/mol. The lowest BCUT2D eigenvalue weighted by atomic mass is 9.88. The molecule has 2 atom stereocenters. The van der Waals surface area contributed by atoms with E-state index in [0.29, 0.717) is 6.42 Å². The maximum Gasteiger partial charge on any atom is 0.411 e. The van der Waals surface area contributed by atoms with Gasteiger partial charge >= 0.3 is 18.0 Å². The molecular formula is C13H21NO6. The Bertz CT molecular complexity index is 400. The molecule has 0 unspecified atom stereocenters. The quantitative estimate of drug-likeness (QED) is 0.816. The summed E-state index contributed by atoms with van der Waals surface area (Å²) in [4.78, 5) is 35.1. The lowest BCUT2D eigenvalue weighted by molar-refractivity contribution is -0.147. The van der Waals surface area contributed by atoms with Crippen LogP contribution in [0.2, 0.25) is 0 Å². The first kappa shape index (κ1) is 16.3. The van der Waals surface area contributed by atoms with Crippen LogP contribution in [0.15, 0.2) is 0 Å². The van der Waals surface area contributed by atoms with E-state index in [1.54, 1.807) is 20.8 Å². The van der Waals surface area contributed by atoms with E-state index in [-0.39, 0.29) is 25.3 Å². The molecule has 1 aliphatic heterocycles. The molecule has 0 radical (unpaired) electrons. The molecule has 0 aromatic heterocycles. The highest BCUT2D eigenvalue weighted by atomic mass is 16.6. The van der Waals surface area contributed by atoms with Crippen LogP contribution in [0.1, 0.15) is 40.0 Å². The van der Waals surface area contributed by atoms with Gasteiger partial charge in [-0.15, -0.1) is 0 Å². The maximum absolute atomic E-state index is 12.0. The molecule has 114 valence electrons. The Kier molecular flexibility index (Phi) is 4.97. The fraction of sp³-hybridized carbons (Fsp3) is 0.769. The van der Waals surface area contributed by atoms with Crippen LogP contribution < -0.4 is 0 Å². The molecular weight excluding hydrogens is 266 g/mol. The smallest absolute Gasteiger partial charge is 0.411 e. The van der Waals surface area contributed by atoms with Crippen LogP contribution in [0.25, 0.3) is 0 Å². The third kappa shape index (κ3) is 4.71. The standard InChI is InChI=1S/C13H21NO6/c1-13(2,3)20-12(19)14-5-4-8(7-10(15)16)6-9(14)11(17)18/h8-9H,4-7H2,1-3H3,(H,15,16)(H,17,18)/t8-,9-/m0/s1. The molecule has 1 aliphatic rings. The fourth-order valence-corrected chi connectivity index (χ4v) is 2.24. The number of ether oxygens (including phenoxy) is 1. The zero-order valence-corrected chi connectivity index (χ0v) is 12.0. The predicted octanol–water partition coefficient (Wildman–Crippen LogP) is 1.56. The molecule has 1 amide bonds. The molecule has 0 aliphatic carbocycles. The van der Waals surface area contributed by atoms with E-state index in [1.165, 1.54) is 4.90 Å². The van der Waals surface area contributed by atoms with Crippen LogP contribution in [0.5, 0.6) is 0 Å². The Labute approximate surface area is 117 Å². The minimum absolute atomic E-state index is 0.0774. The highest BCUT2D eigenvalue weighted by Crippen LogP contribution is 2.27. The Balaban J connectivity index is 2.75. The molecule has 7 nitrogen and oxygen atoms in total. The molecule has 1 saturated heterocycles. The average molecular weight is 287 g/mol. The van der Waals surface area contributed by atoms with Crippen molar-refractivity contribution >= 4 is 18.0 Å². The monoisotopic (exact) mass is 287 g/mol. The summed E-state index contributed by atoms with van der Waals surface area (Å²) in [5.41, 5.74) is -0.696. The van der Waals surface area contributed by atoms with Crippen molar-refractivity contribution in [3.63, 3.8) is 0 Å². The van der Waals surface area contributed by atoms with Gasteiger partial charge < -0.3 is 14.9 Å². The van der Waals surface area contributed by atoms with E-state index in [0.717, 1.165) is 0 Å². The van der Waals surface area contributed by atoms with Crippen molar-refractivity contribution in [1.29, 1.82) is 0 Å². The van der Waals surface area contributed by atoms with Gasteiger partial charge in [-0.05, 0) is 39.5 Å². The maximum atomic E-state index is 12.0. The fourth-order valence-electron chi connectivity index (χ4n) is 2.24. The van der Waals surface area contributed by atoms with E-state index in [4.69, 9.17) is 9.84 Å². The molecule has 1 fully saturated rings. The van der Waals surface area contributed by atoms with E-state index in [2.05, 4.69) is 0 Å². The first-order valence-corrected chi connectivity index (χ1v) is 6.54. The van der Waals surface area contributed by atoms with Crippen molar-refractivity contribution in [1.82, 2.24) is 4.90 Å². The van der Waals surface area contributed by atoms with Crippen LogP contribution in [-0.2, 0) is 14.3 Å². The summed E-state index contributed by atoms with van der Waals surface area (Å²) in [6.07, 6.45) is -0.138. The largest absolute Gasteiger partial charge is 0.481 e. The second-order valence-electron chi connectivity index (χ2n) is 6.02. The number of hydrogen-bond acceptors (Lipinski definition) is 4. The number of amides is 1. The normalized spacial score (nSPS) is 23.2. The van der Waals surface area contributed by atoms with Gasteiger partial charge in [0.1, 0.15) is 11.6 Å². The lowest BCUT2D eigenvalue weighted by Crippen LogP contribution is -2.51. The number of carboxylic acids is 2. The van der Waals surface area contributed by atoms with Crippen molar-refractivity contribution < 1.29 is 29.3 Å². The van der Waals surface area contributed by atoms with Crippen LogP contribution >= 0.6 is 0 Å². The number of carbonyl (C=O) groups excluding carboxylic acids is 1. The van der Waals surface area contributed by atoms with Crippen LogP contribution in [0.4, 0.5) is 4.79 Å². The summed E-state index contributed by atoms with van der Waals surface area (Å²) in [6, 6.07) is -1.03. The van der Waals surface area contributed by atoms with Crippen molar-refractivity contribution in [2.75, 3.05) is 6.54 Å². The zero-order valence-electron chi connectivity index (χ0n) is 12.0. The summed E-state index contributed by atoms with van der Waals surface area (Å²) in [7, 11) is 0. The van der Waals surface area contributed by atoms with Crippen molar-refractivity contribution in [2.24, 2.45) is 5.92 Å². The minimum atomic E-state index is -1.13. The molecule has 0 spiro atoms. The van der Waals surface area contributed by atoms with Crippen LogP contribution in [0, 0.1) is 5.92 Å². The van der Waals surface area contributed by atoms with Crippen LogP contribution in [-0.4, -0.2) is 51.3 Å². The lowest BCUT2D eigenvalue weighted by Gasteiger charge is -2.37. The number of likely N-dealkylation sites (tertiary alicyclic amines) is 1. The third-order valence-electron chi connectivity index (χ3n) is 3.09. The summed E-state index contributed by atoms with van der Waals surface area (Å²) in [5.74, 6) is -2.32. The third-order valence-corrected chi connectivity index (χ3v) is 3.09. The first-order chi connectivity index (χ1) is 9.10. The van der Waals surface area contributed by atoms with Gasteiger partial charge in [-0.25, -0.2) is 9.59 Å². The molecule has 0 aromatic carbocycles. The van der Waals surface area contributed by atoms with Gasteiger partial charge in [-0.1, -0.05) is 0 Å². The van der Waals surface area contributed by atoms with Gasteiger partial charge in [0.15, 0.2) is 0 Å². The molecule has 1 rings (SSSR count). The molecule has 0 aromatic rings. The average Bonchev–Trinajstić information content (AvgIpc) is 2.25. The van der Waals surface area contributed by atoms with E-state index in [9.17, 15) is 19.5 Å². The van der Waals surface area contributed by atoms with E-state index >= 15 is 0 Å². The number of aliphatic carboxylic acids is 2. The van der Waals surface area contributed by atoms with E-state index < -0.39 is 29.7 Å². The van der Waals surface area contributed by atoms with Gasteiger partial charge in [0.2, 0.25) is 0 Å². The molecule has 0 bridgehead atoms. The number of carboxylic acid groups (broad SMARTS) is 2. The number of hydrogen-bond donors (Lipinski definition) is 2. The molecule has 1 heterocycles. The van der Waals surface area contributed by atoms with Gasteiger partial charge in [-0.3, -0.25) is 9.69 Å². The Morgan fingerprint density at radius 3 is 2.30 bits per heavy atom. The Morgan fingerprint density at radius 2 is 1.85 bits per heavy atom. The highest BCUT2D eigenvalue weighted by molar-refractivity contribution is 5.80. The summed E-state index contributed by atoms with van der Waals surface area (Å²) >= 11 is 0. The van der Waals surface area contributed by atoms with Crippen molar-refractivity contribution in [3.05, 3.63) is 0 Å². The Morgan fingerprint density at radius 1 is 1.25 bits per heavy atom. The molecule has 7 heteroatoms. The molecule has 2 N–H and O–H groups in total.